The van der Waals surface area contributed by atoms with Crippen LogP contribution in [0.15, 0.2) is 30.3 Å². The number of hydrogen-bond acceptors (Lipinski definition) is 4. The number of ether oxygens (including phenoxy) is 1. The molecule has 1 fully saturated rings. The zero-order valence-electron chi connectivity index (χ0n) is 17.0. The van der Waals surface area contributed by atoms with E-state index < -0.39 is 5.41 Å². The van der Waals surface area contributed by atoms with Crippen LogP contribution in [0.4, 0.5) is 4.39 Å². The van der Waals surface area contributed by atoms with Crippen molar-refractivity contribution in [2.45, 2.75) is 25.7 Å². The van der Waals surface area contributed by atoms with Crippen molar-refractivity contribution >= 4 is 18.3 Å². The molecular formula is C21H30ClFN4O2. The van der Waals surface area contributed by atoms with E-state index in [2.05, 4.69) is 15.5 Å². The van der Waals surface area contributed by atoms with Crippen molar-refractivity contribution in [2.24, 2.45) is 5.41 Å². The number of nitrogens with one attached hydrogen (secondary N) is 2. The van der Waals surface area contributed by atoms with E-state index in [1.165, 1.54) is 12.1 Å². The van der Waals surface area contributed by atoms with Gasteiger partial charge in [-0.3, -0.25) is 9.89 Å². The quantitative estimate of drug-likeness (QED) is 0.683. The topological polar surface area (TPSA) is 70.2 Å². The zero-order valence-corrected chi connectivity index (χ0v) is 17.9. The number of aryl methyl sites for hydroxylation is 1. The molecule has 0 aliphatic carbocycles. The van der Waals surface area contributed by atoms with Crippen molar-refractivity contribution in [1.82, 2.24) is 20.4 Å². The van der Waals surface area contributed by atoms with Crippen molar-refractivity contribution in [1.29, 1.82) is 0 Å². The van der Waals surface area contributed by atoms with E-state index in [1.54, 1.807) is 13.2 Å². The Labute approximate surface area is 177 Å². The summed E-state index contributed by atoms with van der Waals surface area (Å²) in [6.07, 6.45) is 3.22. The van der Waals surface area contributed by atoms with Crippen molar-refractivity contribution in [3.63, 3.8) is 0 Å². The summed E-state index contributed by atoms with van der Waals surface area (Å²) in [4.78, 5) is 14.9. The van der Waals surface area contributed by atoms with Crippen LogP contribution in [0.1, 0.15) is 25.0 Å². The largest absolute Gasteiger partial charge is 0.384 e. The molecule has 6 nitrogen and oxygen atoms in total. The van der Waals surface area contributed by atoms with Gasteiger partial charge in [0.2, 0.25) is 5.91 Å². The van der Waals surface area contributed by atoms with E-state index in [0.717, 1.165) is 55.7 Å². The van der Waals surface area contributed by atoms with E-state index in [4.69, 9.17) is 4.74 Å². The van der Waals surface area contributed by atoms with Crippen molar-refractivity contribution in [3.05, 3.63) is 41.8 Å². The van der Waals surface area contributed by atoms with Crippen LogP contribution in [-0.2, 0) is 16.0 Å². The maximum absolute atomic E-state index is 13.4. The summed E-state index contributed by atoms with van der Waals surface area (Å²) < 4.78 is 18.7. The number of aromatic amines is 1. The lowest BCUT2D eigenvalue weighted by Crippen LogP contribution is -2.50. The fourth-order valence-electron chi connectivity index (χ4n) is 3.90. The molecule has 0 radical (unpaired) electrons. The summed E-state index contributed by atoms with van der Waals surface area (Å²) in [5.41, 5.74) is 2.05. The zero-order chi connectivity index (χ0) is 20.0. The van der Waals surface area contributed by atoms with Gasteiger partial charge in [0, 0.05) is 32.0 Å². The normalized spacial score (nSPS) is 15.6. The fourth-order valence-corrected chi connectivity index (χ4v) is 3.90. The Kier molecular flexibility index (Phi) is 8.61. The Balaban J connectivity index is 0.00000300. The molecule has 8 heteroatoms. The average Bonchev–Trinajstić information content (AvgIpc) is 3.17. The number of methoxy groups -OCH3 is 1. The highest BCUT2D eigenvalue weighted by atomic mass is 35.5. The molecule has 1 aromatic heterocycles. The lowest BCUT2D eigenvalue weighted by Gasteiger charge is -2.38. The highest BCUT2D eigenvalue weighted by molar-refractivity contribution is 5.85. The highest BCUT2D eigenvalue weighted by Gasteiger charge is 2.41. The van der Waals surface area contributed by atoms with Crippen LogP contribution in [0.3, 0.4) is 0 Å². The maximum atomic E-state index is 13.4. The van der Waals surface area contributed by atoms with Crippen LogP contribution in [0.25, 0.3) is 11.3 Å². The van der Waals surface area contributed by atoms with Gasteiger partial charge in [0.25, 0.3) is 0 Å². The monoisotopic (exact) mass is 424 g/mol. The van der Waals surface area contributed by atoms with Gasteiger partial charge in [0.1, 0.15) is 5.82 Å². The minimum absolute atomic E-state index is 0. The minimum atomic E-state index is -0.409. The van der Waals surface area contributed by atoms with E-state index >= 15 is 0 Å². The summed E-state index contributed by atoms with van der Waals surface area (Å²) in [6, 6.07) is 8.35. The van der Waals surface area contributed by atoms with E-state index in [0.29, 0.717) is 13.2 Å². The summed E-state index contributed by atoms with van der Waals surface area (Å²) in [5, 5.41) is 10.6. The molecule has 1 saturated heterocycles. The molecule has 0 bridgehead atoms. The molecule has 1 aromatic carbocycles. The van der Waals surface area contributed by atoms with Crippen LogP contribution in [0.2, 0.25) is 0 Å². The molecule has 1 amide bonds. The number of amides is 1. The molecule has 0 saturated carbocycles. The molecule has 1 aliphatic rings. The summed E-state index contributed by atoms with van der Waals surface area (Å²) >= 11 is 0. The van der Waals surface area contributed by atoms with Gasteiger partial charge in [-0.05, 0) is 57.0 Å². The van der Waals surface area contributed by atoms with Crippen molar-refractivity contribution < 1.29 is 13.9 Å². The number of halogens is 2. The van der Waals surface area contributed by atoms with Crippen molar-refractivity contribution in [3.8, 4) is 11.3 Å². The number of carbonyl (C=O) groups excluding carboxylic acids is 1. The van der Waals surface area contributed by atoms with E-state index in [-0.39, 0.29) is 24.1 Å². The first-order valence-corrected chi connectivity index (χ1v) is 9.79. The third-order valence-corrected chi connectivity index (χ3v) is 5.47. The van der Waals surface area contributed by atoms with Gasteiger partial charge in [-0.1, -0.05) is 12.1 Å². The Hall–Kier alpha value is -1.96. The summed E-state index contributed by atoms with van der Waals surface area (Å²) in [5.74, 6) is -0.106. The standard InChI is InChI=1S/C21H29FN4O2.ClH/c1-26(20(27)21(15-28-2)8-10-23-11-9-21)12-4-7-18-14-19(25-24-18)16-5-3-6-17(22)13-16;/h3,5-6,13-14,23H,4,7-12,15H2,1-2H3,(H,24,25);1H. The van der Waals surface area contributed by atoms with Gasteiger partial charge in [0.15, 0.2) is 0 Å². The van der Waals surface area contributed by atoms with Crippen LogP contribution in [0, 0.1) is 11.2 Å². The number of piperidine rings is 1. The van der Waals surface area contributed by atoms with Gasteiger partial charge < -0.3 is 15.0 Å². The lowest BCUT2D eigenvalue weighted by molar-refractivity contribution is -0.146. The predicted molar refractivity (Wildman–Crippen MR) is 114 cm³/mol. The molecule has 2 N–H and O–H groups in total. The molecular weight excluding hydrogens is 395 g/mol. The Morgan fingerprint density at radius 1 is 1.31 bits per heavy atom. The third-order valence-electron chi connectivity index (χ3n) is 5.47. The minimum Gasteiger partial charge on any atom is -0.384 e. The van der Waals surface area contributed by atoms with Crippen LogP contribution < -0.4 is 5.32 Å². The molecule has 160 valence electrons. The third kappa shape index (κ3) is 5.78. The van der Waals surface area contributed by atoms with E-state index in [1.807, 2.05) is 24.1 Å². The van der Waals surface area contributed by atoms with Crippen LogP contribution >= 0.6 is 12.4 Å². The number of benzene rings is 1. The second-order valence-corrected chi connectivity index (χ2v) is 7.58. The highest BCUT2D eigenvalue weighted by Crippen LogP contribution is 2.31. The fraction of sp³-hybridized carbons (Fsp3) is 0.524. The molecule has 29 heavy (non-hydrogen) atoms. The average molecular weight is 425 g/mol. The van der Waals surface area contributed by atoms with Gasteiger partial charge in [0.05, 0.1) is 17.7 Å². The second kappa shape index (κ2) is 10.7. The maximum Gasteiger partial charge on any atom is 0.230 e. The number of rotatable bonds is 8. The number of H-pyrrole nitrogens is 1. The van der Waals surface area contributed by atoms with Crippen LogP contribution in [0.5, 0.6) is 0 Å². The number of carbonyl (C=O) groups is 1. The van der Waals surface area contributed by atoms with Gasteiger partial charge in [-0.2, -0.15) is 5.10 Å². The second-order valence-electron chi connectivity index (χ2n) is 7.58. The molecule has 0 spiro atoms. The first-order chi connectivity index (χ1) is 13.5. The summed E-state index contributed by atoms with van der Waals surface area (Å²) in [7, 11) is 3.53. The molecule has 0 atom stereocenters. The molecule has 0 unspecified atom stereocenters. The van der Waals surface area contributed by atoms with E-state index in [9.17, 15) is 9.18 Å². The summed E-state index contributed by atoms with van der Waals surface area (Å²) in [6.45, 7) is 2.83. The molecule has 3 rings (SSSR count). The lowest BCUT2D eigenvalue weighted by atomic mass is 9.78. The van der Waals surface area contributed by atoms with Gasteiger partial charge in [-0.25, -0.2) is 4.39 Å². The number of aromatic nitrogens is 2. The predicted octanol–water partition coefficient (Wildman–Crippen LogP) is 3.04. The number of hydrogen-bond donors (Lipinski definition) is 2. The SMILES string of the molecule is COCC1(C(=O)N(C)CCCc2cc(-c3cccc(F)c3)n[nH]2)CCNCC1.Cl. The molecule has 2 heterocycles. The first kappa shape index (κ1) is 23.3. The Bertz CT molecular complexity index is 787. The van der Waals surface area contributed by atoms with Crippen LogP contribution in [-0.4, -0.2) is 61.4 Å². The van der Waals surface area contributed by atoms with Gasteiger partial charge >= 0.3 is 0 Å². The first-order valence-electron chi connectivity index (χ1n) is 9.79. The van der Waals surface area contributed by atoms with Gasteiger partial charge in [-0.15, -0.1) is 12.4 Å². The molecule has 2 aromatic rings. The smallest absolute Gasteiger partial charge is 0.230 e. The Morgan fingerprint density at radius 3 is 2.76 bits per heavy atom. The number of nitrogens with zero attached hydrogens (tertiary/aromatic N) is 2. The molecule has 1 aliphatic heterocycles. The Morgan fingerprint density at radius 2 is 2.07 bits per heavy atom. The van der Waals surface area contributed by atoms with Crippen molar-refractivity contribution in [2.75, 3.05) is 40.4 Å².